The summed E-state index contributed by atoms with van der Waals surface area (Å²) >= 11 is 0. The van der Waals surface area contributed by atoms with E-state index in [0.717, 1.165) is 44.4 Å². The van der Waals surface area contributed by atoms with Crippen LogP contribution < -0.4 is 9.64 Å². The highest BCUT2D eigenvalue weighted by Crippen LogP contribution is 2.17. The second-order valence-electron chi connectivity index (χ2n) is 6.04. The van der Waals surface area contributed by atoms with Crippen LogP contribution in [0.15, 0.2) is 42.6 Å². The molecule has 0 spiro atoms. The molecule has 0 saturated carbocycles. The van der Waals surface area contributed by atoms with Crippen molar-refractivity contribution in [3.05, 3.63) is 48.2 Å². The number of ether oxygens (including phenoxy) is 2. The number of morpholine rings is 1. The van der Waals surface area contributed by atoms with Gasteiger partial charge in [0, 0.05) is 39.4 Å². The molecule has 6 nitrogen and oxygen atoms in total. The first kappa shape index (κ1) is 16.7. The third-order valence-corrected chi connectivity index (χ3v) is 4.19. The Balaban J connectivity index is 1.56. The summed E-state index contributed by atoms with van der Waals surface area (Å²) in [6.07, 6.45) is 1.85. The molecule has 0 aliphatic carbocycles. The number of methoxy groups -OCH3 is 1. The molecular weight excluding hydrogens is 304 g/mol. The molecular formula is C18H24N4O2. The van der Waals surface area contributed by atoms with Gasteiger partial charge in [-0.3, -0.25) is 4.90 Å². The zero-order chi connectivity index (χ0) is 16.8. The number of hydrogen-bond acceptors (Lipinski definition) is 6. The molecule has 6 heteroatoms. The smallest absolute Gasteiger partial charge is 0.151 e. The van der Waals surface area contributed by atoms with Crippen LogP contribution in [-0.4, -0.2) is 61.6 Å². The van der Waals surface area contributed by atoms with Crippen LogP contribution in [-0.2, 0) is 11.3 Å². The molecule has 1 aliphatic rings. The van der Waals surface area contributed by atoms with Gasteiger partial charge in [0.2, 0.25) is 0 Å². The highest BCUT2D eigenvalue weighted by Gasteiger charge is 2.22. The van der Waals surface area contributed by atoms with Gasteiger partial charge in [0.15, 0.2) is 5.82 Å². The largest absolute Gasteiger partial charge is 0.497 e. The molecule has 1 aromatic carbocycles. The first-order chi connectivity index (χ1) is 11.7. The van der Waals surface area contributed by atoms with E-state index in [4.69, 9.17) is 9.47 Å². The van der Waals surface area contributed by atoms with Crippen LogP contribution in [0, 0.1) is 0 Å². The minimum Gasteiger partial charge on any atom is -0.497 e. The minimum atomic E-state index is 0.163. The van der Waals surface area contributed by atoms with Crippen molar-refractivity contribution in [3.8, 4) is 5.75 Å². The molecule has 0 unspecified atom stereocenters. The maximum absolute atomic E-state index is 5.93. The lowest BCUT2D eigenvalue weighted by Gasteiger charge is -2.35. The summed E-state index contributed by atoms with van der Waals surface area (Å²) in [5.74, 6) is 1.77. The van der Waals surface area contributed by atoms with Crippen molar-refractivity contribution in [2.75, 3.05) is 45.3 Å². The Bertz CT molecular complexity index is 638. The van der Waals surface area contributed by atoms with E-state index in [1.54, 1.807) is 13.3 Å². The lowest BCUT2D eigenvalue weighted by molar-refractivity contribution is -0.0265. The summed E-state index contributed by atoms with van der Waals surface area (Å²) in [6.45, 7) is 4.31. The second-order valence-corrected chi connectivity index (χ2v) is 6.04. The number of aromatic nitrogens is 2. The molecule has 128 valence electrons. The normalized spacial score (nSPS) is 18.3. The molecule has 0 bridgehead atoms. The van der Waals surface area contributed by atoms with Crippen molar-refractivity contribution in [2.45, 2.75) is 12.6 Å². The van der Waals surface area contributed by atoms with E-state index in [1.807, 2.05) is 31.3 Å². The monoisotopic (exact) mass is 328 g/mol. The summed E-state index contributed by atoms with van der Waals surface area (Å²) in [6, 6.07) is 12.1. The zero-order valence-electron chi connectivity index (χ0n) is 14.3. The Morgan fingerprint density at radius 1 is 1.33 bits per heavy atom. The third kappa shape index (κ3) is 4.43. The van der Waals surface area contributed by atoms with Gasteiger partial charge in [0.25, 0.3) is 0 Å². The van der Waals surface area contributed by atoms with Gasteiger partial charge in [-0.15, -0.1) is 5.10 Å². The number of benzene rings is 1. The third-order valence-electron chi connectivity index (χ3n) is 4.19. The topological polar surface area (TPSA) is 50.7 Å². The Morgan fingerprint density at radius 2 is 2.25 bits per heavy atom. The van der Waals surface area contributed by atoms with E-state index in [-0.39, 0.29) is 6.10 Å². The number of hydrogen-bond donors (Lipinski definition) is 0. The first-order valence-electron chi connectivity index (χ1n) is 8.20. The molecule has 24 heavy (non-hydrogen) atoms. The first-order valence-corrected chi connectivity index (χ1v) is 8.20. The molecule has 3 rings (SSSR count). The lowest BCUT2D eigenvalue weighted by Crippen LogP contribution is -2.46. The van der Waals surface area contributed by atoms with E-state index < -0.39 is 0 Å². The predicted octanol–water partition coefficient (Wildman–Crippen LogP) is 1.82. The fraction of sp³-hybridized carbons (Fsp3) is 0.444. The summed E-state index contributed by atoms with van der Waals surface area (Å²) in [5, 5.41) is 8.07. The Morgan fingerprint density at radius 3 is 3.04 bits per heavy atom. The SMILES string of the molecule is COc1cccc(CN2CCO[C@H](CN(C)c3cccnn3)C2)c1. The maximum Gasteiger partial charge on any atom is 0.151 e. The van der Waals surface area contributed by atoms with Gasteiger partial charge in [-0.05, 0) is 29.8 Å². The van der Waals surface area contributed by atoms with Crippen LogP contribution in [0.2, 0.25) is 0 Å². The summed E-state index contributed by atoms with van der Waals surface area (Å²) in [5.41, 5.74) is 1.26. The molecule has 1 atom stereocenters. The van der Waals surface area contributed by atoms with Crippen molar-refractivity contribution < 1.29 is 9.47 Å². The highest BCUT2D eigenvalue weighted by molar-refractivity contribution is 5.35. The standard InChI is InChI=1S/C18H24N4O2/c1-21(18-7-4-8-19-20-18)13-17-14-22(9-10-24-17)12-15-5-3-6-16(11-15)23-2/h3-8,11,17H,9-10,12-14H2,1-2H3/t17-/m1/s1. The van der Waals surface area contributed by atoms with Gasteiger partial charge in [0.1, 0.15) is 5.75 Å². The van der Waals surface area contributed by atoms with E-state index in [1.165, 1.54) is 5.56 Å². The van der Waals surface area contributed by atoms with Crippen molar-refractivity contribution in [1.29, 1.82) is 0 Å². The molecule has 1 fully saturated rings. The van der Waals surface area contributed by atoms with E-state index >= 15 is 0 Å². The Labute approximate surface area is 143 Å². The van der Waals surface area contributed by atoms with Crippen LogP contribution in [0.25, 0.3) is 0 Å². The predicted molar refractivity (Wildman–Crippen MR) is 93.3 cm³/mol. The molecule has 2 heterocycles. The van der Waals surface area contributed by atoms with E-state index in [0.29, 0.717) is 0 Å². The fourth-order valence-electron chi connectivity index (χ4n) is 2.96. The average Bonchev–Trinajstić information content (AvgIpc) is 2.63. The zero-order valence-corrected chi connectivity index (χ0v) is 14.3. The number of anilines is 1. The van der Waals surface area contributed by atoms with Crippen molar-refractivity contribution in [2.24, 2.45) is 0 Å². The molecule has 0 radical (unpaired) electrons. The Kier molecular flexibility index (Phi) is 5.61. The van der Waals surface area contributed by atoms with Gasteiger partial charge in [-0.1, -0.05) is 12.1 Å². The Hall–Kier alpha value is -2.18. The molecule has 0 N–H and O–H groups in total. The van der Waals surface area contributed by atoms with Crippen LogP contribution in [0.3, 0.4) is 0 Å². The van der Waals surface area contributed by atoms with Gasteiger partial charge in [-0.2, -0.15) is 5.10 Å². The van der Waals surface area contributed by atoms with Crippen LogP contribution in [0.1, 0.15) is 5.56 Å². The molecule has 2 aromatic rings. The van der Waals surface area contributed by atoms with Gasteiger partial charge in [-0.25, -0.2) is 0 Å². The van der Waals surface area contributed by atoms with Crippen LogP contribution in [0.4, 0.5) is 5.82 Å². The van der Waals surface area contributed by atoms with Crippen molar-refractivity contribution >= 4 is 5.82 Å². The number of likely N-dealkylation sites (N-methyl/N-ethyl adjacent to an activating group) is 1. The van der Waals surface area contributed by atoms with Crippen LogP contribution >= 0.6 is 0 Å². The quantitative estimate of drug-likeness (QED) is 0.806. The highest BCUT2D eigenvalue weighted by atomic mass is 16.5. The molecule has 0 amide bonds. The minimum absolute atomic E-state index is 0.163. The van der Waals surface area contributed by atoms with E-state index in [2.05, 4.69) is 32.1 Å². The average molecular weight is 328 g/mol. The van der Waals surface area contributed by atoms with Gasteiger partial charge >= 0.3 is 0 Å². The van der Waals surface area contributed by atoms with Crippen molar-refractivity contribution in [3.63, 3.8) is 0 Å². The summed E-state index contributed by atoms with van der Waals surface area (Å²) in [7, 11) is 3.72. The number of nitrogens with zero attached hydrogens (tertiary/aromatic N) is 4. The molecule has 1 aromatic heterocycles. The van der Waals surface area contributed by atoms with Gasteiger partial charge < -0.3 is 14.4 Å². The summed E-state index contributed by atoms with van der Waals surface area (Å²) < 4.78 is 11.2. The van der Waals surface area contributed by atoms with E-state index in [9.17, 15) is 0 Å². The van der Waals surface area contributed by atoms with Crippen LogP contribution in [0.5, 0.6) is 5.75 Å². The second kappa shape index (κ2) is 8.08. The maximum atomic E-state index is 5.93. The van der Waals surface area contributed by atoms with Crippen molar-refractivity contribution in [1.82, 2.24) is 15.1 Å². The van der Waals surface area contributed by atoms with Gasteiger partial charge in [0.05, 0.1) is 19.8 Å². The fourth-order valence-corrected chi connectivity index (χ4v) is 2.96. The molecule has 1 saturated heterocycles. The number of rotatable bonds is 6. The molecule has 1 aliphatic heterocycles. The lowest BCUT2D eigenvalue weighted by atomic mass is 10.1. The summed E-state index contributed by atoms with van der Waals surface area (Å²) in [4.78, 5) is 4.51.